The van der Waals surface area contributed by atoms with Gasteiger partial charge < -0.3 is 5.32 Å². The van der Waals surface area contributed by atoms with E-state index in [1.165, 1.54) is 5.56 Å². The summed E-state index contributed by atoms with van der Waals surface area (Å²) in [5.74, 6) is 0.169. The maximum absolute atomic E-state index is 12.4. The molecule has 1 aromatic rings. The predicted octanol–water partition coefficient (Wildman–Crippen LogP) is 3.66. The van der Waals surface area contributed by atoms with Gasteiger partial charge in [-0.3, -0.25) is 9.69 Å². The molecule has 2 aliphatic rings. The molecule has 0 aromatic heterocycles. The van der Waals surface area contributed by atoms with Crippen molar-refractivity contribution in [1.82, 2.24) is 10.2 Å². The second-order valence-electron chi connectivity index (χ2n) is 6.72. The van der Waals surface area contributed by atoms with E-state index in [1.54, 1.807) is 0 Å². The fourth-order valence-corrected chi connectivity index (χ4v) is 4.55. The summed E-state index contributed by atoms with van der Waals surface area (Å²) in [6, 6.07) is 10.9. The topological polar surface area (TPSA) is 32.3 Å². The number of carbonyl (C=O) groups is 1. The number of rotatable bonds is 4. The molecule has 0 bridgehead atoms. The van der Waals surface area contributed by atoms with Crippen LogP contribution < -0.4 is 5.32 Å². The summed E-state index contributed by atoms with van der Waals surface area (Å²) < 4.78 is -0.203. The number of nitrogens with one attached hydrogen (secondary N) is 1. The SMILES string of the molecule is C[C@]1(C(=O)NC2CCN(Cc3ccccc3)CC2)CC1(Br)Br. The van der Waals surface area contributed by atoms with Crippen LogP contribution in [-0.2, 0) is 11.3 Å². The van der Waals surface area contributed by atoms with E-state index in [0.29, 0.717) is 6.04 Å². The number of likely N-dealkylation sites (tertiary alicyclic amines) is 1. The summed E-state index contributed by atoms with van der Waals surface area (Å²) in [7, 11) is 0. The number of amides is 1. The van der Waals surface area contributed by atoms with Gasteiger partial charge in [-0.05, 0) is 31.7 Å². The van der Waals surface area contributed by atoms with Crippen molar-refractivity contribution in [2.75, 3.05) is 13.1 Å². The van der Waals surface area contributed by atoms with Crippen molar-refractivity contribution in [2.24, 2.45) is 5.41 Å². The maximum atomic E-state index is 12.4. The van der Waals surface area contributed by atoms with Gasteiger partial charge in [0.05, 0.1) is 8.65 Å². The number of hydrogen-bond donors (Lipinski definition) is 1. The Bertz CT molecular complexity index is 541. The first-order valence-corrected chi connectivity index (χ1v) is 9.44. The lowest BCUT2D eigenvalue weighted by Crippen LogP contribution is -2.46. The van der Waals surface area contributed by atoms with Crippen molar-refractivity contribution in [3.63, 3.8) is 0 Å². The molecule has 1 N–H and O–H groups in total. The summed E-state index contributed by atoms with van der Waals surface area (Å²) in [6.07, 6.45) is 2.91. The summed E-state index contributed by atoms with van der Waals surface area (Å²) in [5.41, 5.74) is 1.05. The third-order valence-corrected chi connectivity index (χ3v) is 7.24. The summed E-state index contributed by atoms with van der Waals surface area (Å²) in [4.78, 5) is 14.9. The molecule has 1 aromatic carbocycles. The highest BCUT2D eigenvalue weighted by molar-refractivity contribution is 9.25. The molecule has 0 spiro atoms. The molecule has 1 amide bonds. The molecule has 2 fully saturated rings. The molecule has 1 heterocycles. The molecular weight excluding hydrogens is 408 g/mol. The first kappa shape index (κ1) is 16.5. The number of alkyl halides is 2. The smallest absolute Gasteiger partial charge is 0.228 e. The number of benzene rings is 1. The average Bonchev–Trinajstić information content (AvgIpc) is 3.02. The lowest BCUT2D eigenvalue weighted by Gasteiger charge is -2.33. The van der Waals surface area contributed by atoms with Gasteiger partial charge in [-0.25, -0.2) is 0 Å². The van der Waals surface area contributed by atoms with Crippen molar-refractivity contribution < 1.29 is 4.79 Å². The van der Waals surface area contributed by atoms with Crippen molar-refractivity contribution in [2.45, 2.75) is 42.0 Å². The van der Waals surface area contributed by atoms with Gasteiger partial charge in [0, 0.05) is 25.7 Å². The van der Waals surface area contributed by atoms with Gasteiger partial charge >= 0.3 is 0 Å². The first-order valence-electron chi connectivity index (χ1n) is 7.86. The minimum absolute atomic E-state index is 0.169. The lowest BCUT2D eigenvalue weighted by atomic mass is 10.0. The summed E-state index contributed by atoms with van der Waals surface area (Å²) in [6.45, 7) is 5.11. The molecule has 22 heavy (non-hydrogen) atoms. The normalized spacial score (nSPS) is 28.3. The summed E-state index contributed by atoms with van der Waals surface area (Å²) in [5, 5.41) is 3.24. The van der Waals surface area contributed by atoms with Gasteiger partial charge in [-0.2, -0.15) is 0 Å². The Morgan fingerprint density at radius 1 is 1.27 bits per heavy atom. The van der Waals surface area contributed by atoms with Crippen LogP contribution in [0.1, 0.15) is 31.7 Å². The van der Waals surface area contributed by atoms with E-state index in [4.69, 9.17) is 0 Å². The van der Waals surface area contributed by atoms with Gasteiger partial charge in [0.2, 0.25) is 5.91 Å². The quantitative estimate of drug-likeness (QED) is 0.740. The Morgan fingerprint density at radius 2 is 1.86 bits per heavy atom. The van der Waals surface area contributed by atoms with Crippen LogP contribution in [0.3, 0.4) is 0 Å². The molecule has 3 rings (SSSR count). The van der Waals surface area contributed by atoms with Crippen LogP contribution in [-0.4, -0.2) is 33.2 Å². The molecule has 1 atom stereocenters. The number of piperidine rings is 1. The first-order chi connectivity index (χ1) is 10.4. The molecule has 1 aliphatic carbocycles. The second kappa shape index (κ2) is 6.25. The molecule has 1 saturated carbocycles. The third-order valence-electron chi connectivity index (χ3n) is 4.93. The Kier molecular flexibility index (Phi) is 4.68. The largest absolute Gasteiger partial charge is 0.353 e. The molecule has 1 aliphatic heterocycles. The van der Waals surface area contributed by atoms with Gasteiger partial charge in [-0.1, -0.05) is 62.2 Å². The number of hydrogen-bond acceptors (Lipinski definition) is 2. The van der Waals surface area contributed by atoms with E-state index in [-0.39, 0.29) is 14.6 Å². The Morgan fingerprint density at radius 3 is 2.41 bits per heavy atom. The Hall–Kier alpha value is -0.390. The number of carbonyl (C=O) groups excluding carboxylic acids is 1. The van der Waals surface area contributed by atoms with E-state index >= 15 is 0 Å². The average molecular weight is 430 g/mol. The molecule has 3 nitrogen and oxygen atoms in total. The van der Waals surface area contributed by atoms with Gasteiger partial charge in [0.15, 0.2) is 0 Å². The third kappa shape index (κ3) is 3.41. The fraction of sp³-hybridized carbons (Fsp3) is 0.588. The zero-order valence-electron chi connectivity index (χ0n) is 12.8. The van der Waals surface area contributed by atoms with E-state index in [2.05, 4.69) is 72.4 Å². The van der Waals surface area contributed by atoms with E-state index < -0.39 is 0 Å². The van der Waals surface area contributed by atoms with Crippen LogP contribution in [0.4, 0.5) is 0 Å². The van der Waals surface area contributed by atoms with Crippen LogP contribution >= 0.6 is 31.9 Å². The highest BCUT2D eigenvalue weighted by Gasteiger charge is 2.66. The Labute approximate surface area is 149 Å². The molecule has 0 radical (unpaired) electrons. The monoisotopic (exact) mass is 428 g/mol. The van der Waals surface area contributed by atoms with E-state index in [0.717, 1.165) is 38.9 Å². The van der Waals surface area contributed by atoms with Gasteiger partial charge in [0.25, 0.3) is 0 Å². The fourth-order valence-electron chi connectivity index (χ4n) is 3.07. The van der Waals surface area contributed by atoms with E-state index in [1.807, 2.05) is 6.92 Å². The van der Waals surface area contributed by atoms with Gasteiger partial charge in [-0.15, -0.1) is 0 Å². The van der Waals surface area contributed by atoms with Crippen LogP contribution in [0.2, 0.25) is 0 Å². The maximum Gasteiger partial charge on any atom is 0.228 e. The predicted molar refractivity (Wildman–Crippen MR) is 96.2 cm³/mol. The zero-order valence-corrected chi connectivity index (χ0v) is 16.0. The van der Waals surface area contributed by atoms with Crippen molar-refractivity contribution in [3.8, 4) is 0 Å². The van der Waals surface area contributed by atoms with Crippen LogP contribution in [0.5, 0.6) is 0 Å². The van der Waals surface area contributed by atoms with Gasteiger partial charge in [0.1, 0.15) is 0 Å². The van der Waals surface area contributed by atoms with Crippen molar-refractivity contribution in [3.05, 3.63) is 35.9 Å². The molecular formula is C17H22Br2N2O. The van der Waals surface area contributed by atoms with E-state index in [9.17, 15) is 4.79 Å². The Balaban J connectivity index is 1.45. The standard InChI is InChI=1S/C17H22Br2N2O/c1-16(12-17(16,18)19)15(22)20-14-7-9-21(10-8-14)11-13-5-3-2-4-6-13/h2-6,14H,7-12H2,1H3,(H,20,22)/t16-/m1/s1. The molecule has 1 saturated heterocycles. The summed E-state index contributed by atoms with van der Waals surface area (Å²) >= 11 is 7.14. The van der Waals surface area contributed by atoms with Crippen molar-refractivity contribution in [1.29, 1.82) is 0 Å². The lowest BCUT2D eigenvalue weighted by molar-refractivity contribution is -0.126. The second-order valence-corrected chi connectivity index (χ2v) is 10.5. The van der Waals surface area contributed by atoms with Crippen LogP contribution in [0.15, 0.2) is 30.3 Å². The number of halogens is 2. The minimum Gasteiger partial charge on any atom is -0.353 e. The zero-order chi connectivity index (χ0) is 15.8. The number of nitrogens with zero attached hydrogens (tertiary/aromatic N) is 1. The highest BCUT2D eigenvalue weighted by atomic mass is 79.9. The van der Waals surface area contributed by atoms with Crippen LogP contribution in [0.25, 0.3) is 0 Å². The molecule has 5 heteroatoms. The molecule has 120 valence electrons. The minimum atomic E-state index is -0.311. The van der Waals surface area contributed by atoms with Crippen LogP contribution in [0, 0.1) is 5.41 Å². The molecule has 0 unspecified atom stereocenters. The highest BCUT2D eigenvalue weighted by Crippen LogP contribution is 2.66. The van der Waals surface area contributed by atoms with Crippen molar-refractivity contribution >= 4 is 37.8 Å².